The molecule has 6 heteroatoms. The van der Waals surface area contributed by atoms with Crippen LogP contribution in [-0.4, -0.2) is 52.2 Å². The highest BCUT2D eigenvalue weighted by Gasteiger charge is 2.31. The third kappa shape index (κ3) is 3.34. The van der Waals surface area contributed by atoms with Crippen LogP contribution in [0.3, 0.4) is 0 Å². The predicted molar refractivity (Wildman–Crippen MR) is 91.8 cm³/mol. The van der Waals surface area contributed by atoms with Gasteiger partial charge < -0.3 is 14.4 Å². The maximum absolute atomic E-state index is 12.4. The minimum Gasteiger partial charge on any atom is -0.444 e. The summed E-state index contributed by atoms with van der Waals surface area (Å²) < 4.78 is 12.9. The molecular formula is C18H27N3O3. The predicted octanol–water partition coefficient (Wildman–Crippen LogP) is 3.18. The third-order valence-electron chi connectivity index (χ3n) is 4.43. The van der Waals surface area contributed by atoms with Crippen LogP contribution in [-0.2, 0) is 9.47 Å². The molecule has 0 spiro atoms. The molecule has 3 heterocycles. The van der Waals surface area contributed by atoms with Crippen LogP contribution >= 0.6 is 0 Å². The average Bonchev–Trinajstić information content (AvgIpc) is 2.76. The van der Waals surface area contributed by atoms with Crippen LogP contribution < -0.4 is 0 Å². The summed E-state index contributed by atoms with van der Waals surface area (Å²) in [6.45, 7) is 11.9. The molecule has 0 aromatic carbocycles. The summed E-state index contributed by atoms with van der Waals surface area (Å²) >= 11 is 0. The van der Waals surface area contributed by atoms with Crippen molar-refractivity contribution in [3.63, 3.8) is 0 Å². The molecule has 0 unspecified atom stereocenters. The van der Waals surface area contributed by atoms with E-state index in [4.69, 9.17) is 9.47 Å². The van der Waals surface area contributed by atoms with Crippen molar-refractivity contribution in [2.75, 3.05) is 19.8 Å². The van der Waals surface area contributed by atoms with Crippen molar-refractivity contribution in [1.82, 2.24) is 14.7 Å². The quantitative estimate of drug-likeness (QED) is 0.834. The zero-order valence-electron chi connectivity index (χ0n) is 15.2. The van der Waals surface area contributed by atoms with Gasteiger partial charge in [-0.25, -0.2) is 4.79 Å². The Morgan fingerprint density at radius 2 is 2.08 bits per heavy atom. The number of amides is 1. The van der Waals surface area contributed by atoms with E-state index in [1.165, 1.54) is 16.8 Å². The van der Waals surface area contributed by atoms with Crippen molar-refractivity contribution in [2.45, 2.75) is 58.7 Å². The van der Waals surface area contributed by atoms with Gasteiger partial charge in [-0.3, -0.25) is 4.68 Å². The second kappa shape index (κ2) is 6.24. The molecule has 1 fully saturated rings. The summed E-state index contributed by atoms with van der Waals surface area (Å²) in [5.41, 5.74) is 3.13. The van der Waals surface area contributed by atoms with E-state index in [-0.39, 0.29) is 12.1 Å². The van der Waals surface area contributed by atoms with Crippen LogP contribution in [0.15, 0.2) is 12.3 Å². The first-order chi connectivity index (χ1) is 11.3. The fraction of sp³-hybridized carbons (Fsp3) is 0.667. The van der Waals surface area contributed by atoms with Crippen LogP contribution in [0.1, 0.15) is 51.4 Å². The Hall–Kier alpha value is -1.82. The summed E-state index contributed by atoms with van der Waals surface area (Å²) in [4.78, 5) is 14.1. The van der Waals surface area contributed by atoms with Crippen molar-refractivity contribution in [3.05, 3.63) is 23.5 Å². The summed E-state index contributed by atoms with van der Waals surface area (Å²) in [5.74, 6) is 0. The molecule has 2 aliphatic rings. The number of carbonyl (C=O) groups is 1. The first kappa shape index (κ1) is 17.0. The topological polar surface area (TPSA) is 56.6 Å². The minimum atomic E-state index is -0.472. The van der Waals surface area contributed by atoms with E-state index in [0.29, 0.717) is 12.6 Å². The molecule has 1 atom stereocenters. The Morgan fingerprint density at radius 3 is 2.62 bits per heavy atom. The van der Waals surface area contributed by atoms with E-state index in [1.54, 1.807) is 4.90 Å². The highest BCUT2D eigenvalue weighted by atomic mass is 16.6. The Morgan fingerprint density at radius 1 is 1.38 bits per heavy atom. The first-order valence-corrected chi connectivity index (χ1v) is 8.59. The smallest absolute Gasteiger partial charge is 0.410 e. The molecule has 1 saturated heterocycles. The molecule has 1 aromatic rings. The molecule has 24 heavy (non-hydrogen) atoms. The minimum absolute atomic E-state index is 0.00369. The Labute approximate surface area is 143 Å². The molecule has 0 aliphatic carbocycles. The largest absolute Gasteiger partial charge is 0.444 e. The monoisotopic (exact) mass is 333 g/mol. The zero-order chi connectivity index (χ0) is 17.5. The summed E-state index contributed by atoms with van der Waals surface area (Å²) in [6, 6.07) is 0.331. The molecule has 6 nitrogen and oxygen atoms in total. The van der Waals surface area contributed by atoms with Crippen molar-refractivity contribution < 1.29 is 14.3 Å². The molecule has 0 N–H and O–H groups in total. The molecular weight excluding hydrogens is 306 g/mol. The molecule has 1 amide bonds. The molecule has 0 saturated carbocycles. The lowest BCUT2D eigenvalue weighted by molar-refractivity contribution is -0.0290. The van der Waals surface area contributed by atoms with Gasteiger partial charge in [-0.1, -0.05) is 6.08 Å². The van der Waals surface area contributed by atoms with E-state index in [1.807, 2.05) is 33.9 Å². The van der Waals surface area contributed by atoms with Gasteiger partial charge in [-0.05, 0) is 52.2 Å². The van der Waals surface area contributed by atoms with Gasteiger partial charge in [-0.15, -0.1) is 0 Å². The number of aryl methyl sites for hydroxylation is 1. The number of hydrogen-bond donors (Lipinski definition) is 0. The first-order valence-electron chi connectivity index (χ1n) is 8.59. The maximum Gasteiger partial charge on any atom is 0.410 e. The van der Waals surface area contributed by atoms with Crippen LogP contribution in [0.2, 0.25) is 0 Å². The Kier molecular flexibility index (Phi) is 4.42. The van der Waals surface area contributed by atoms with Gasteiger partial charge in [0, 0.05) is 6.54 Å². The van der Waals surface area contributed by atoms with Crippen molar-refractivity contribution >= 4 is 11.7 Å². The fourth-order valence-electron chi connectivity index (χ4n) is 3.17. The molecule has 0 bridgehead atoms. The second-order valence-electron chi connectivity index (χ2n) is 7.67. The van der Waals surface area contributed by atoms with E-state index in [9.17, 15) is 4.79 Å². The summed E-state index contributed by atoms with van der Waals surface area (Å²) in [5, 5.41) is 4.53. The summed E-state index contributed by atoms with van der Waals surface area (Å²) in [7, 11) is 0. The van der Waals surface area contributed by atoms with Gasteiger partial charge in [0.25, 0.3) is 0 Å². The highest BCUT2D eigenvalue weighted by Crippen LogP contribution is 2.31. The number of ether oxygens (including phenoxy) is 2. The number of aromatic nitrogens is 2. The highest BCUT2D eigenvalue weighted by molar-refractivity contribution is 5.73. The summed E-state index contributed by atoms with van der Waals surface area (Å²) in [6.07, 6.45) is 4.64. The van der Waals surface area contributed by atoms with Gasteiger partial charge in [-0.2, -0.15) is 5.10 Å². The second-order valence-corrected chi connectivity index (χ2v) is 7.67. The van der Waals surface area contributed by atoms with Gasteiger partial charge >= 0.3 is 6.09 Å². The van der Waals surface area contributed by atoms with Gasteiger partial charge in [0.05, 0.1) is 37.2 Å². The number of hydrogen-bond acceptors (Lipinski definition) is 4. The lowest BCUT2D eigenvalue weighted by Crippen LogP contribution is -2.44. The molecule has 0 radical (unpaired) electrons. The normalized spacial score (nSPS) is 22.1. The zero-order valence-corrected chi connectivity index (χ0v) is 15.2. The van der Waals surface area contributed by atoms with Crippen molar-refractivity contribution in [3.8, 4) is 0 Å². The van der Waals surface area contributed by atoms with Crippen LogP contribution in [0.25, 0.3) is 5.57 Å². The number of carbonyl (C=O) groups excluding carboxylic acids is 1. The third-order valence-corrected chi connectivity index (χ3v) is 4.43. The van der Waals surface area contributed by atoms with Gasteiger partial charge in [0.15, 0.2) is 0 Å². The Balaban J connectivity index is 1.79. The molecule has 2 aliphatic heterocycles. The van der Waals surface area contributed by atoms with Crippen LogP contribution in [0, 0.1) is 6.92 Å². The van der Waals surface area contributed by atoms with Crippen molar-refractivity contribution in [2.24, 2.45) is 0 Å². The van der Waals surface area contributed by atoms with E-state index < -0.39 is 5.60 Å². The average molecular weight is 333 g/mol. The fourth-order valence-corrected chi connectivity index (χ4v) is 3.17. The standard InChI is InChI=1S/C18H27N3O3/c1-12-9-19-21(15-10-23-11-15)16(12)14-6-7-20(13(2)8-14)17(22)24-18(3,4)5/h8-9,13,15H,6-7,10-11H2,1-5H3/t13-/m1/s1. The SMILES string of the molecule is Cc1cnn(C2COC2)c1C1=C[C@@H](C)N(C(=O)OC(C)(C)C)CC1. The van der Waals surface area contributed by atoms with Gasteiger partial charge in [0.1, 0.15) is 5.60 Å². The van der Waals surface area contributed by atoms with Crippen LogP contribution in [0.5, 0.6) is 0 Å². The van der Waals surface area contributed by atoms with Crippen LogP contribution in [0.4, 0.5) is 4.79 Å². The lowest BCUT2D eigenvalue weighted by Gasteiger charge is -2.35. The lowest BCUT2D eigenvalue weighted by atomic mass is 9.98. The van der Waals surface area contributed by atoms with Crippen molar-refractivity contribution in [1.29, 1.82) is 0 Å². The van der Waals surface area contributed by atoms with E-state index >= 15 is 0 Å². The molecule has 3 rings (SSSR count). The van der Waals surface area contributed by atoms with E-state index in [2.05, 4.69) is 22.8 Å². The molecule has 132 valence electrons. The number of nitrogens with zero attached hydrogens (tertiary/aromatic N) is 3. The molecule has 1 aromatic heterocycles. The van der Waals surface area contributed by atoms with Gasteiger partial charge in [0.2, 0.25) is 0 Å². The maximum atomic E-state index is 12.4. The number of rotatable bonds is 2. The Bertz CT molecular complexity index is 653. The van der Waals surface area contributed by atoms with E-state index in [0.717, 1.165) is 19.6 Å².